The summed E-state index contributed by atoms with van der Waals surface area (Å²) in [7, 11) is 0. The molecule has 1 atom stereocenters. The number of nitrogens with zero attached hydrogens (tertiary/aromatic N) is 1. The van der Waals surface area contributed by atoms with E-state index in [1.807, 2.05) is 13.8 Å². The Hall–Kier alpha value is -0.790. The van der Waals surface area contributed by atoms with E-state index in [2.05, 4.69) is 21.2 Å². The first kappa shape index (κ1) is 18.3. The molecule has 1 rings (SSSR count). The molecule has 0 spiro atoms. The molecule has 0 saturated heterocycles. The summed E-state index contributed by atoms with van der Waals surface area (Å²) in [5, 5.41) is 12.3. The van der Waals surface area contributed by atoms with Crippen molar-refractivity contribution in [1.82, 2.24) is 5.32 Å². The molecule has 0 amide bonds. The van der Waals surface area contributed by atoms with Crippen LogP contribution in [0, 0.1) is 0 Å². The van der Waals surface area contributed by atoms with Gasteiger partial charge in [-0.1, -0.05) is 28.9 Å². The largest absolute Gasteiger partial charge is 0.405 e. The van der Waals surface area contributed by atoms with Crippen LogP contribution in [-0.4, -0.2) is 37.5 Å². The Labute approximate surface area is 131 Å². The number of aliphatic hydroxyl groups excluding tert-OH is 1. The van der Waals surface area contributed by atoms with Crippen molar-refractivity contribution in [2.24, 2.45) is 0 Å². The van der Waals surface area contributed by atoms with E-state index in [1.165, 1.54) is 0 Å². The summed E-state index contributed by atoms with van der Waals surface area (Å²) in [5.74, 6) is 0. The lowest BCUT2D eigenvalue weighted by Gasteiger charge is -2.29. The zero-order valence-corrected chi connectivity index (χ0v) is 13.6. The highest BCUT2D eigenvalue weighted by Crippen LogP contribution is 2.31. The SMILES string of the molecule is CCNC(C)c1ccc(Br)cc1N(CCO)CC(F)(F)F. The Morgan fingerprint density at radius 1 is 1.38 bits per heavy atom. The molecule has 0 aliphatic carbocycles. The van der Waals surface area contributed by atoms with Crippen molar-refractivity contribution in [3.05, 3.63) is 28.2 Å². The molecule has 7 heteroatoms. The van der Waals surface area contributed by atoms with E-state index in [0.717, 1.165) is 17.0 Å². The van der Waals surface area contributed by atoms with E-state index in [4.69, 9.17) is 5.11 Å². The molecule has 0 radical (unpaired) electrons. The summed E-state index contributed by atoms with van der Waals surface area (Å²) < 4.78 is 38.9. The van der Waals surface area contributed by atoms with E-state index in [1.54, 1.807) is 18.2 Å². The number of nitrogens with one attached hydrogen (secondary N) is 1. The molecule has 0 aromatic heterocycles. The van der Waals surface area contributed by atoms with Crippen LogP contribution >= 0.6 is 15.9 Å². The van der Waals surface area contributed by atoms with Gasteiger partial charge < -0.3 is 15.3 Å². The van der Waals surface area contributed by atoms with Crippen molar-refractivity contribution in [3.8, 4) is 0 Å². The first-order valence-electron chi connectivity index (χ1n) is 6.74. The van der Waals surface area contributed by atoms with Crippen molar-refractivity contribution in [2.45, 2.75) is 26.1 Å². The van der Waals surface area contributed by atoms with Gasteiger partial charge in [-0.25, -0.2) is 0 Å². The van der Waals surface area contributed by atoms with Gasteiger partial charge in [-0.2, -0.15) is 13.2 Å². The van der Waals surface area contributed by atoms with Crippen molar-refractivity contribution < 1.29 is 18.3 Å². The van der Waals surface area contributed by atoms with Gasteiger partial charge in [0.25, 0.3) is 0 Å². The molecule has 0 heterocycles. The maximum atomic E-state index is 12.7. The fourth-order valence-electron chi connectivity index (χ4n) is 2.19. The van der Waals surface area contributed by atoms with Crippen molar-refractivity contribution in [2.75, 3.05) is 31.1 Å². The van der Waals surface area contributed by atoms with Gasteiger partial charge in [0.1, 0.15) is 6.54 Å². The van der Waals surface area contributed by atoms with E-state index in [-0.39, 0.29) is 19.2 Å². The molecule has 1 aromatic carbocycles. The lowest BCUT2D eigenvalue weighted by Crippen LogP contribution is -2.37. The molecule has 0 aliphatic rings. The van der Waals surface area contributed by atoms with Crippen LogP contribution in [0.25, 0.3) is 0 Å². The van der Waals surface area contributed by atoms with Gasteiger partial charge >= 0.3 is 6.18 Å². The third-order valence-electron chi connectivity index (χ3n) is 3.05. The van der Waals surface area contributed by atoms with Gasteiger partial charge in [-0.05, 0) is 31.2 Å². The molecule has 0 fully saturated rings. The minimum atomic E-state index is -4.32. The molecule has 0 saturated carbocycles. The Morgan fingerprint density at radius 3 is 2.57 bits per heavy atom. The minimum absolute atomic E-state index is 0.0677. The van der Waals surface area contributed by atoms with E-state index in [0.29, 0.717) is 10.2 Å². The van der Waals surface area contributed by atoms with Gasteiger partial charge in [-0.3, -0.25) is 0 Å². The predicted molar refractivity (Wildman–Crippen MR) is 81.6 cm³/mol. The van der Waals surface area contributed by atoms with Crippen LogP contribution in [0.15, 0.2) is 22.7 Å². The predicted octanol–water partition coefficient (Wildman–Crippen LogP) is 3.48. The normalized spacial score (nSPS) is 13.3. The maximum Gasteiger partial charge on any atom is 0.405 e. The highest BCUT2D eigenvalue weighted by Gasteiger charge is 2.32. The number of benzene rings is 1. The van der Waals surface area contributed by atoms with E-state index >= 15 is 0 Å². The zero-order chi connectivity index (χ0) is 16.0. The average Bonchev–Trinajstić information content (AvgIpc) is 2.36. The van der Waals surface area contributed by atoms with Gasteiger partial charge in [0.05, 0.1) is 6.61 Å². The number of alkyl halides is 3. The third-order valence-corrected chi connectivity index (χ3v) is 3.54. The van der Waals surface area contributed by atoms with E-state index in [9.17, 15) is 13.2 Å². The maximum absolute atomic E-state index is 12.7. The van der Waals surface area contributed by atoms with Crippen molar-refractivity contribution in [3.63, 3.8) is 0 Å². The minimum Gasteiger partial charge on any atom is -0.395 e. The topological polar surface area (TPSA) is 35.5 Å². The fraction of sp³-hybridized carbons (Fsp3) is 0.571. The Balaban J connectivity index is 3.18. The second-order valence-electron chi connectivity index (χ2n) is 4.74. The Bertz CT molecular complexity index is 454. The van der Waals surface area contributed by atoms with Crippen LogP contribution in [0.3, 0.4) is 0 Å². The number of hydrogen-bond donors (Lipinski definition) is 2. The molecule has 3 nitrogen and oxygen atoms in total. The van der Waals surface area contributed by atoms with Gasteiger partial charge in [0, 0.05) is 22.7 Å². The lowest BCUT2D eigenvalue weighted by molar-refractivity contribution is -0.119. The number of rotatable bonds is 7. The second kappa shape index (κ2) is 8.00. The zero-order valence-electron chi connectivity index (χ0n) is 12.0. The van der Waals surface area contributed by atoms with Crippen LogP contribution in [-0.2, 0) is 0 Å². The summed E-state index contributed by atoms with van der Waals surface area (Å²) in [6.45, 7) is 3.07. The summed E-state index contributed by atoms with van der Waals surface area (Å²) in [5.41, 5.74) is 1.25. The summed E-state index contributed by atoms with van der Waals surface area (Å²) in [4.78, 5) is 1.16. The first-order chi connectivity index (χ1) is 9.78. The van der Waals surface area contributed by atoms with Crippen LogP contribution in [0.1, 0.15) is 25.5 Å². The highest BCUT2D eigenvalue weighted by atomic mass is 79.9. The molecule has 0 aliphatic heterocycles. The van der Waals surface area contributed by atoms with Crippen LogP contribution in [0.5, 0.6) is 0 Å². The molecular weight excluding hydrogens is 349 g/mol. The number of aliphatic hydroxyl groups is 1. The molecule has 1 aromatic rings. The number of hydrogen-bond acceptors (Lipinski definition) is 3. The lowest BCUT2D eigenvalue weighted by atomic mass is 10.0. The smallest absolute Gasteiger partial charge is 0.395 e. The number of halogens is 4. The van der Waals surface area contributed by atoms with E-state index < -0.39 is 12.7 Å². The van der Waals surface area contributed by atoms with Gasteiger partial charge in [0.15, 0.2) is 0 Å². The van der Waals surface area contributed by atoms with Crippen LogP contribution in [0.2, 0.25) is 0 Å². The third kappa shape index (κ3) is 5.84. The standard InChI is InChI=1S/C14H20BrF3N2O/c1-3-19-10(2)12-5-4-11(15)8-13(12)20(6-7-21)9-14(16,17)18/h4-5,8,10,19,21H,3,6-7,9H2,1-2H3. The second-order valence-corrected chi connectivity index (χ2v) is 5.66. The number of anilines is 1. The van der Waals surface area contributed by atoms with Crippen LogP contribution in [0.4, 0.5) is 18.9 Å². The summed E-state index contributed by atoms with van der Waals surface area (Å²) in [6.07, 6.45) is -4.32. The quantitative estimate of drug-likeness (QED) is 0.773. The molecule has 2 N–H and O–H groups in total. The Morgan fingerprint density at radius 2 is 2.05 bits per heavy atom. The van der Waals surface area contributed by atoms with Crippen molar-refractivity contribution in [1.29, 1.82) is 0 Å². The fourth-order valence-corrected chi connectivity index (χ4v) is 2.54. The summed E-state index contributed by atoms with van der Waals surface area (Å²) in [6, 6.07) is 5.18. The van der Waals surface area contributed by atoms with Gasteiger partial charge in [0.2, 0.25) is 0 Å². The summed E-state index contributed by atoms with van der Waals surface area (Å²) >= 11 is 3.29. The Kier molecular flexibility index (Phi) is 6.96. The molecule has 0 bridgehead atoms. The van der Waals surface area contributed by atoms with Crippen LogP contribution < -0.4 is 10.2 Å². The molecule has 120 valence electrons. The van der Waals surface area contributed by atoms with Gasteiger partial charge in [-0.15, -0.1) is 0 Å². The highest BCUT2D eigenvalue weighted by molar-refractivity contribution is 9.10. The molecule has 21 heavy (non-hydrogen) atoms. The molecule has 1 unspecified atom stereocenters. The average molecular weight is 369 g/mol. The van der Waals surface area contributed by atoms with Crippen molar-refractivity contribution >= 4 is 21.6 Å². The first-order valence-corrected chi connectivity index (χ1v) is 7.53. The molecular formula is C14H20BrF3N2O. The monoisotopic (exact) mass is 368 g/mol.